The van der Waals surface area contributed by atoms with E-state index in [1.165, 1.54) is 12.3 Å². The molecule has 0 aliphatic heterocycles. The molecule has 8 nitrogen and oxygen atoms in total. The van der Waals surface area contributed by atoms with Gasteiger partial charge in [-0.25, -0.2) is 28.8 Å². The zero-order valence-electron chi connectivity index (χ0n) is 14.7. The van der Waals surface area contributed by atoms with E-state index < -0.39 is 6.16 Å². The van der Waals surface area contributed by atoms with Gasteiger partial charge in [0.1, 0.15) is 11.5 Å². The van der Waals surface area contributed by atoms with Gasteiger partial charge in [0.25, 0.3) is 0 Å². The van der Waals surface area contributed by atoms with E-state index in [1.807, 2.05) is 6.07 Å². The SMILES string of the molecule is Cc1nc(-c2nn(Cc3ccccc3F)c3ncccc23)ncc1OC(=O)O. The van der Waals surface area contributed by atoms with Crippen LogP contribution in [0, 0.1) is 12.7 Å². The van der Waals surface area contributed by atoms with Crippen LogP contribution in [0.1, 0.15) is 11.3 Å². The monoisotopic (exact) mass is 379 g/mol. The van der Waals surface area contributed by atoms with E-state index >= 15 is 0 Å². The lowest BCUT2D eigenvalue weighted by Gasteiger charge is -2.05. The molecule has 0 radical (unpaired) electrons. The Labute approximate surface area is 158 Å². The summed E-state index contributed by atoms with van der Waals surface area (Å²) in [7, 11) is 0. The zero-order valence-corrected chi connectivity index (χ0v) is 14.7. The molecule has 0 amide bonds. The number of fused-ring (bicyclic) bond motifs is 1. The number of benzene rings is 1. The lowest BCUT2D eigenvalue weighted by molar-refractivity contribution is 0.143. The summed E-state index contributed by atoms with van der Waals surface area (Å²) in [6, 6.07) is 10.0. The van der Waals surface area contributed by atoms with Crippen molar-refractivity contribution in [1.29, 1.82) is 0 Å². The predicted molar refractivity (Wildman–Crippen MR) is 97.4 cm³/mol. The van der Waals surface area contributed by atoms with Crippen LogP contribution in [0.15, 0.2) is 48.8 Å². The molecule has 28 heavy (non-hydrogen) atoms. The number of hydrogen-bond acceptors (Lipinski definition) is 6. The molecule has 0 atom stereocenters. The van der Waals surface area contributed by atoms with E-state index in [4.69, 9.17) is 5.11 Å². The molecule has 1 N–H and O–H groups in total. The largest absolute Gasteiger partial charge is 0.511 e. The summed E-state index contributed by atoms with van der Waals surface area (Å²) in [5, 5.41) is 14.0. The van der Waals surface area contributed by atoms with Gasteiger partial charge in [0.05, 0.1) is 23.8 Å². The highest BCUT2D eigenvalue weighted by Gasteiger charge is 2.18. The molecular weight excluding hydrogens is 365 g/mol. The van der Waals surface area contributed by atoms with Gasteiger partial charge < -0.3 is 9.84 Å². The van der Waals surface area contributed by atoms with Gasteiger partial charge in [-0.1, -0.05) is 18.2 Å². The van der Waals surface area contributed by atoms with Crippen LogP contribution in [0.2, 0.25) is 0 Å². The summed E-state index contributed by atoms with van der Waals surface area (Å²) in [6.07, 6.45) is 1.47. The van der Waals surface area contributed by atoms with Gasteiger partial charge in [-0.15, -0.1) is 0 Å². The van der Waals surface area contributed by atoms with Crippen molar-refractivity contribution in [3.8, 4) is 17.3 Å². The highest BCUT2D eigenvalue weighted by Crippen LogP contribution is 2.27. The number of pyridine rings is 1. The molecule has 1 aromatic carbocycles. The standard InChI is InChI=1S/C19H14FN5O3/c1-11-15(28-19(26)27)9-22-17(23-11)16-13-6-4-8-21-18(13)25(24-16)10-12-5-2-3-7-14(12)20/h2-9H,10H2,1H3,(H,26,27). The topological polar surface area (TPSA) is 103 Å². The van der Waals surface area contributed by atoms with Gasteiger partial charge in [0, 0.05) is 11.8 Å². The van der Waals surface area contributed by atoms with Crippen molar-refractivity contribution < 1.29 is 19.0 Å². The summed E-state index contributed by atoms with van der Waals surface area (Å²) >= 11 is 0. The average molecular weight is 379 g/mol. The van der Waals surface area contributed by atoms with Crippen LogP contribution in [0.3, 0.4) is 0 Å². The lowest BCUT2D eigenvalue weighted by Crippen LogP contribution is -2.07. The van der Waals surface area contributed by atoms with E-state index in [9.17, 15) is 9.18 Å². The molecule has 0 spiro atoms. The van der Waals surface area contributed by atoms with Gasteiger partial charge >= 0.3 is 6.16 Å². The third-order valence-corrected chi connectivity index (χ3v) is 4.13. The highest BCUT2D eigenvalue weighted by atomic mass is 19.1. The number of halogens is 1. The van der Waals surface area contributed by atoms with E-state index in [0.29, 0.717) is 33.8 Å². The molecule has 0 fully saturated rings. The maximum absolute atomic E-state index is 14.1. The fourth-order valence-electron chi connectivity index (χ4n) is 2.84. The maximum atomic E-state index is 14.1. The number of aromatic nitrogens is 5. The fraction of sp³-hybridized carbons (Fsp3) is 0.105. The average Bonchev–Trinajstić information content (AvgIpc) is 3.04. The fourth-order valence-corrected chi connectivity index (χ4v) is 2.84. The second kappa shape index (κ2) is 7.03. The van der Waals surface area contributed by atoms with E-state index in [1.54, 1.807) is 42.1 Å². The Morgan fingerprint density at radius 2 is 2.04 bits per heavy atom. The van der Waals surface area contributed by atoms with Crippen molar-refractivity contribution in [1.82, 2.24) is 24.7 Å². The van der Waals surface area contributed by atoms with Crippen LogP contribution >= 0.6 is 0 Å². The van der Waals surface area contributed by atoms with Gasteiger partial charge in [-0.2, -0.15) is 5.10 Å². The van der Waals surface area contributed by atoms with Crippen LogP contribution in [0.5, 0.6) is 5.75 Å². The normalized spacial score (nSPS) is 10.9. The Morgan fingerprint density at radius 1 is 1.21 bits per heavy atom. The molecule has 3 aromatic heterocycles. The molecule has 0 saturated carbocycles. The molecule has 9 heteroatoms. The highest BCUT2D eigenvalue weighted by molar-refractivity contribution is 5.89. The van der Waals surface area contributed by atoms with Crippen LogP contribution in [-0.2, 0) is 6.54 Å². The van der Waals surface area contributed by atoms with Gasteiger partial charge in [-0.3, -0.25) is 0 Å². The van der Waals surface area contributed by atoms with E-state index in [-0.39, 0.29) is 18.1 Å². The predicted octanol–water partition coefficient (Wildman–Crippen LogP) is 3.44. The number of aryl methyl sites for hydroxylation is 1. The minimum Gasteiger partial charge on any atom is -0.449 e. The minimum atomic E-state index is -1.44. The van der Waals surface area contributed by atoms with Crippen molar-refractivity contribution in [2.24, 2.45) is 0 Å². The molecular formula is C19H14FN5O3. The van der Waals surface area contributed by atoms with E-state index in [2.05, 4.69) is 24.8 Å². The maximum Gasteiger partial charge on any atom is 0.511 e. The number of carbonyl (C=O) groups is 1. The van der Waals surface area contributed by atoms with E-state index in [0.717, 1.165) is 0 Å². The Hall–Kier alpha value is -3.88. The zero-order chi connectivity index (χ0) is 19.7. The first kappa shape index (κ1) is 17.5. The summed E-state index contributed by atoms with van der Waals surface area (Å²) in [5.74, 6) is 0.0101. The van der Waals surface area contributed by atoms with Crippen molar-refractivity contribution in [2.45, 2.75) is 13.5 Å². The van der Waals surface area contributed by atoms with Crippen molar-refractivity contribution in [2.75, 3.05) is 0 Å². The lowest BCUT2D eigenvalue weighted by atomic mass is 10.2. The number of rotatable bonds is 4. The molecule has 3 heterocycles. The second-order valence-corrected chi connectivity index (χ2v) is 5.98. The van der Waals surface area contributed by atoms with Crippen LogP contribution in [-0.4, -0.2) is 36.0 Å². The number of hydrogen-bond donors (Lipinski definition) is 1. The molecule has 0 aliphatic rings. The van der Waals surface area contributed by atoms with Crippen molar-refractivity contribution in [3.63, 3.8) is 0 Å². The second-order valence-electron chi connectivity index (χ2n) is 5.98. The Morgan fingerprint density at radius 3 is 2.79 bits per heavy atom. The van der Waals surface area contributed by atoms with Crippen LogP contribution < -0.4 is 4.74 Å². The minimum absolute atomic E-state index is 0.0458. The number of ether oxygens (including phenoxy) is 1. The van der Waals surface area contributed by atoms with Crippen molar-refractivity contribution in [3.05, 3.63) is 65.9 Å². The third-order valence-electron chi connectivity index (χ3n) is 4.13. The summed E-state index contributed by atoms with van der Waals surface area (Å²) in [6.45, 7) is 1.81. The Balaban J connectivity index is 1.79. The molecule has 4 rings (SSSR count). The first-order valence-electron chi connectivity index (χ1n) is 8.32. The number of nitrogens with zero attached hydrogens (tertiary/aromatic N) is 5. The third kappa shape index (κ3) is 3.25. The molecule has 0 aliphatic carbocycles. The van der Waals surface area contributed by atoms with Crippen molar-refractivity contribution >= 4 is 17.2 Å². The molecule has 0 saturated heterocycles. The Bertz CT molecular complexity index is 1190. The van der Waals surface area contributed by atoms with Gasteiger partial charge in [0.15, 0.2) is 17.2 Å². The molecule has 4 aromatic rings. The summed E-state index contributed by atoms with van der Waals surface area (Å²) in [5.41, 5.74) is 1.86. The smallest absolute Gasteiger partial charge is 0.449 e. The molecule has 0 bridgehead atoms. The van der Waals surface area contributed by atoms with Crippen LogP contribution in [0.25, 0.3) is 22.6 Å². The number of carboxylic acid groups (broad SMARTS) is 1. The van der Waals surface area contributed by atoms with Crippen LogP contribution in [0.4, 0.5) is 9.18 Å². The Kier molecular flexibility index (Phi) is 4.40. The summed E-state index contributed by atoms with van der Waals surface area (Å²) < 4.78 is 20.3. The first-order chi connectivity index (χ1) is 13.5. The quantitative estimate of drug-likeness (QED) is 0.542. The summed E-state index contributed by atoms with van der Waals surface area (Å²) in [4.78, 5) is 23.6. The first-order valence-corrected chi connectivity index (χ1v) is 8.32. The molecule has 0 unspecified atom stereocenters. The molecule has 140 valence electrons. The van der Waals surface area contributed by atoms with Gasteiger partial charge in [-0.05, 0) is 25.1 Å². The van der Waals surface area contributed by atoms with Gasteiger partial charge in [0.2, 0.25) is 0 Å².